The molecule has 6 nitrogen and oxygen atoms in total. The molecule has 0 saturated carbocycles. The first kappa shape index (κ1) is 15.9. The molecule has 0 bridgehead atoms. The number of rotatable bonds is 3. The van der Waals surface area contributed by atoms with Crippen LogP contribution in [0.4, 0.5) is 0 Å². The van der Waals surface area contributed by atoms with Crippen LogP contribution in [0.1, 0.15) is 0 Å². The summed E-state index contributed by atoms with van der Waals surface area (Å²) in [6.07, 6.45) is 0. The van der Waals surface area contributed by atoms with Crippen molar-refractivity contribution in [3.63, 3.8) is 0 Å². The summed E-state index contributed by atoms with van der Waals surface area (Å²) >= 11 is 0. The lowest BCUT2D eigenvalue weighted by Crippen LogP contribution is -2.51. The molecule has 1 aliphatic heterocycles. The minimum atomic E-state index is -3.55. The van der Waals surface area contributed by atoms with E-state index in [2.05, 4.69) is 0 Å². The van der Waals surface area contributed by atoms with Gasteiger partial charge in [0.2, 0.25) is 15.9 Å². The van der Waals surface area contributed by atoms with Crippen LogP contribution in [0.15, 0.2) is 47.4 Å². The molecule has 1 amide bonds. The fraction of sp³-hybridized carbons (Fsp3) is 0.312. The lowest BCUT2D eigenvalue weighted by atomic mass is 10.1. The van der Waals surface area contributed by atoms with E-state index in [9.17, 15) is 13.2 Å². The lowest BCUT2D eigenvalue weighted by Gasteiger charge is -2.33. The third kappa shape index (κ3) is 3.08. The first-order chi connectivity index (χ1) is 11.0. The summed E-state index contributed by atoms with van der Waals surface area (Å²) in [7, 11) is -3.55. The summed E-state index contributed by atoms with van der Waals surface area (Å²) in [6, 6.07) is 12.8. The van der Waals surface area contributed by atoms with Crippen molar-refractivity contribution in [1.29, 1.82) is 0 Å². The number of benzene rings is 2. The van der Waals surface area contributed by atoms with E-state index < -0.39 is 10.0 Å². The van der Waals surface area contributed by atoms with E-state index in [0.29, 0.717) is 26.2 Å². The molecule has 1 aliphatic rings. The minimum absolute atomic E-state index is 0.0442. The monoisotopic (exact) mass is 333 g/mol. The quantitative estimate of drug-likeness (QED) is 0.893. The van der Waals surface area contributed by atoms with Gasteiger partial charge < -0.3 is 10.6 Å². The second-order valence-corrected chi connectivity index (χ2v) is 7.44. The Morgan fingerprint density at radius 1 is 1.00 bits per heavy atom. The number of amides is 1. The van der Waals surface area contributed by atoms with Gasteiger partial charge in [-0.3, -0.25) is 4.79 Å². The highest BCUT2D eigenvalue weighted by atomic mass is 32.2. The van der Waals surface area contributed by atoms with Gasteiger partial charge in [-0.05, 0) is 22.9 Å². The van der Waals surface area contributed by atoms with Gasteiger partial charge in [0.25, 0.3) is 0 Å². The van der Waals surface area contributed by atoms with Crippen LogP contribution in [0, 0.1) is 0 Å². The third-order valence-corrected chi connectivity index (χ3v) is 6.02. The van der Waals surface area contributed by atoms with Crippen LogP contribution in [0.25, 0.3) is 10.8 Å². The maximum Gasteiger partial charge on any atom is 0.243 e. The minimum Gasteiger partial charge on any atom is -0.339 e. The van der Waals surface area contributed by atoms with Gasteiger partial charge in [-0.15, -0.1) is 0 Å². The Bertz CT molecular complexity index is 827. The topological polar surface area (TPSA) is 83.7 Å². The van der Waals surface area contributed by atoms with Crippen molar-refractivity contribution < 1.29 is 13.2 Å². The molecule has 122 valence electrons. The second kappa shape index (κ2) is 6.27. The molecule has 7 heteroatoms. The number of carbonyl (C=O) groups is 1. The van der Waals surface area contributed by atoms with E-state index in [4.69, 9.17) is 5.73 Å². The maximum atomic E-state index is 12.8. The zero-order valence-electron chi connectivity index (χ0n) is 12.7. The molecule has 1 saturated heterocycles. The van der Waals surface area contributed by atoms with Crippen molar-refractivity contribution in [2.24, 2.45) is 5.73 Å². The Hall–Kier alpha value is -1.96. The lowest BCUT2D eigenvalue weighted by molar-refractivity contribution is -0.130. The summed E-state index contributed by atoms with van der Waals surface area (Å²) in [6.45, 7) is 1.30. The van der Waals surface area contributed by atoms with Gasteiger partial charge in [-0.2, -0.15) is 4.31 Å². The van der Waals surface area contributed by atoms with Crippen LogP contribution in [-0.2, 0) is 14.8 Å². The molecule has 23 heavy (non-hydrogen) atoms. The molecule has 1 heterocycles. The highest BCUT2D eigenvalue weighted by molar-refractivity contribution is 7.89. The highest BCUT2D eigenvalue weighted by Gasteiger charge is 2.29. The summed E-state index contributed by atoms with van der Waals surface area (Å²) in [4.78, 5) is 13.5. The Morgan fingerprint density at radius 2 is 1.65 bits per heavy atom. The molecule has 0 aliphatic carbocycles. The van der Waals surface area contributed by atoms with Crippen LogP contribution < -0.4 is 5.73 Å². The molecule has 0 unspecified atom stereocenters. The molecule has 3 rings (SSSR count). The number of nitrogens with two attached hydrogens (primary N) is 1. The summed E-state index contributed by atoms with van der Waals surface area (Å²) in [5.74, 6) is -0.146. The van der Waals surface area contributed by atoms with Gasteiger partial charge in [0.05, 0.1) is 11.4 Å². The van der Waals surface area contributed by atoms with Crippen molar-refractivity contribution in [3.8, 4) is 0 Å². The Balaban J connectivity index is 1.82. The average molecular weight is 333 g/mol. The molecular weight excluding hydrogens is 314 g/mol. The third-order valence-electron chi connectivity index (χ3n) is 4.12. The van der Waals surface area contributed by atoms with Gasteiger partial charge >= 0.3 is 0 Å². The average Bonchev–Trinajstić information content (AvgIpc) is 2.60. The number of piperazine rings is 1. The first-order valence-corrected chi connectivity index (χ1v) is 8.93. The Morgan fingerprint density at radius 3 is 2.30 bits per heavy atom. The van der Waals surface area contributed by atoms with Gasteiger partial charge in [0.1, 0.15) is 0 Å². The molecule has 2 aromatic rings. The van der Waals surface area contributed by atoms with Crippen LogP contribution in [0.2, 0.25) is 0 Å². The first-order valence-electron chi connectivity index (χ1n) is 7.49. The van der Waals surface area contributed by atoms with Crippen molar-refractivity contribution >= 4 is 26.7 Å². The molecule has 0 atom stereocenters. The summed E-state index contributed by atoms with van der Waals surface area (Å²) in [5, 5.41) is 1.90. The zero-order valence-corrected chi connectivity index (χ0v) is 13.5. The number of hydrogen-bond acceptors (Lipinski definition) is 4. The number of fused-ring (bicyclic) bond motifs is 1. The van der Waals surface area contributed by atoms with E-state index in [1.54, 1.807) is 17.0 Å². The number of carbonyl (C=O) groups excluding carboxylic acids is 1. The van der Waals surface area contributed by atoms with Crippen LogP contribution in [0.5, 0.6) is 0 Å². The number of sulfonamides is 1. The molecule has 0 spiro atoms. The van der Waals surface area contributed by atoms with Gasteiger partial charge in [0.15, 0.2) is 0 Å². The van der Waals surface area contributed by atoms with E-state index in [1.165, 1.54) is 4.31 Å². The van der Waals surface area contributed by atoms with E-state index in [-0.39, 0.29) is 17.3 Å². The van der Waals surface area contributed by atoms with Crippen molar-refractivity contribution in [1.82, 2.24) is 9.21 Å². The summed E-state index contributed by atoms with van der Waals surface area (Å²) < 4.78 is 27.0. The normalized spacial score (nSPS) is 16.7. The van der Waals surface area contributed by atoms with Crippen molar-refractivity contribution in [2.45, 2.75) is 4.90 Å². The predicted molar refractivity (Wildman–Crippen MR) is 88.3 cm³/mol. The molecule has 0 aromatic heterocycles. The molecule has 0 radical (unpaired) electrons. The largest absolute Gasteiger partial charge is 0.339 e. The van der Waals surface area contributed by atoms with Crippen LogP contribution >= 0.6 is 0 Å². The van der Waals surface area contributed by atoms with E-state index in [1.807, 2.05) is 30.3 Å². The molecular formula is C16H19N3O3S. The fourth-order valence-electron chi connectivity index (χ4n) is 2.78. The highest BCUT2D eigenvalue weighted by Crippen LogP contribution is 2.22. The second-order valence-electron chi connectivity index (χ2n) is 5.50. The molecule has 2 N–H and O–H groups in total. The molecule has 1 fully saturated rings. The predicted octanol–water partition coefficient (Wildman–Crippen LogP) is 0.631. The van der Waals surface area contributed by atoms with Crippen LogP contribution in [0.3, 0.4) is 0 Å². The van der Waals surface area contributed by atoms with Gasteiger partial charge in [-0.1, -0.05) is 30.3 Å². The fourth-order valence-corrected chi connectivity index (χ4v) is 4.24. The standard InChI is InChI=1S/C16H19N3O3S/c17-12-16(20)18-7-9-19(10-8-18)23(21,22)15-6-5-13-3-1-2-4-14(13)11-15/h1-6,11H,7-10,12,17H2. The van der Waals surface area contributed by atoms with Crippen LogP contribution in [-0.4, -0.2) is 56.3 Å². The number of nitrogens with zero attached hydrogens (tertiary/aromatic N) is 2. The maximum absolute atomic E-state index is 12.8. The van der Waals surface area contributed by atoms with Gasteiger partial charge in [-0.25, -0.2) is 8.42 Å². The number of hydrogen-bond donors (Lipinski definition) is 1. The van der Waals surface area contributed by atoms with E-state index in [0.717, 1.165) is 10.8 Å². The molecule has 2 aromatic carbocycles. The smallest absolute Gasteiger partial charge is 0.243 e. The van der Waals surface area contributed by atoms with E-state index >= 15 is 0 Å². The summed E-state index contributed by atoms with van der Waals surface area (Å²) in [5.41, 5.74) is 5.34. The Kier molecular flexibility index (Phi) is 4.34. The zero-order chi connectivity index (χ0) is 16.4. The Labute approximate surface area is 135 Å². The SMILES string of the molecule is NCC(=O)N1CCN(S(=O)(=O)c2ccc3ccccc3c2)CC1. The van der Waals surface area contributed by atoms with Gasteiger partial charge in [0, 0.05) is 26.2 Å². The van der Waals surface area contributed by atoms with Crippen molar-refractivity contribution in [2.75, 3.05) is 32.7 Å². The van der Waals surface area contributed by atoms with Crippen molar-refractivity contribution in [3.05, 3.63) is 42.5 Å².